The Morgan fingerprint density at radius 2 is 2.00 bits per heavy atom. The Kier molecular flexibility index (Phi) is 8.87. The maximum absolute atomic E-state index is 5.83. The second-order valence-electron chi connectivity index (χ2n) is 5.47. The molecule has 0 amide bonds. The zero-order chi connectivity index (χ0) is 15.5. The fourth-order valence-electron chi connectivity index (χ4n) is 1.89. The molecule has 1 N–H and O–H groups in total. The first-order chi connectivity index (χ1) is 10.2. The minimum atomic E-state index is 0.555. The summed E-state index contributed by atoms with van der Waals surface area (Å²) < 4.78 is 16.6. The van der Waals surface area contributed by atoms with Crippen LogP contribution >= 0.6 is 0 Å². The van der Waals surface area contributed by atoms with Crippen molar-refractivity contribution in [1.29, 1.82) is 0 Å². The Hall–Kier alpha value is -1.26. The minimum Gasteiger partial charge on any atom is -0.497 e. The van der Waals surface area contributed by atoms with Gasteiger partial charge in [-0.05, 0) is 37.1 Å². The van der Waals surface area contributed by atoms with Crippen molar-refractivity contribution in [2.45, 2.75) is 33.7 Å². The van der Waals surface area contributed by atoms with Crippen molar-refractivity contribution in [3.8, 4) is 11.5 Å². The fourth-order valence-corrected chi connectivity index (χ4v) is 1.89. The summed E-state index contributed by atoms with van der Waals surface area (Å²) in [5.41, 5.74) is 1.12. The predicted molar refractivity (Wildman–Crippen MR) is 86.1 cm³/mol. The number of methoxy groups -OCH3 is 1. The Labute approximate surface area is 128 Å². The number of benzene rings is 1. The number of hydrogen-bond donors (Lipinski definition) is 1. The van der Waals surface area contributed by atoms with Crippen LogP contribution in [0.15, 0.2) is 18.2 Å². The molecule has 0 fully saturated rings. The van der Waals surface area contributed by atoms with Gasteiger partial charge in [0.2, 0.25) is 0 Å². The Bertz CT molecular complexity index is 394. The maximum Gasteiger partial charge on any atom is 0.124 e. The lowest BCUT2D eigenvalue weighted by molar-refractivity contribution is 0.0816. The van der Waals surface area contributed by atoms with E-state index in [9.17, 15) is 0 Å². The molecule has 0 aliphatic carbocycles. The van der Waals surface area contributed by atoms with Crippen LogP contribution in [0.2, 0.25) is 0 Å². The molecule has 0 unspecified atom stereocenters. The third kappa shape index (κ3) is 7.34. The average Bonchev–Trinajstić information content (AvgIpc) is 2.48. The molecule has 1 aromatic carbocycles. The fraction of sp³-hybridized carbons (Fsp3) is 0.647. The second kappa shape index (κ2) is 10.5. The summed E-state index contributed by atoms with van der Waals surface area (Å²) in [6, 6.07) is 5.91. The quantitative estimate of drug-likeness (QED) is 0.636. The maximum atomic E-state index is 5.83. The molecule has 0 saturated heterocycles. The molecule has 0 atom stereocenters. The van der Waals surface area contributed by atoms with Gasteiger partial charge in [0.1, 0.15) is 18.1 Å². The zero-order valence-corrected chi connectivity index (χ0v) is 13.8. The Morgan fingerprint density at radius 1 is 1.19 bits per heavy atom. The normalized spacial score (nSPS) is 10.9. The third-order valence-electron chi connectivity index (χ3n) is 2.95. The van der Waals surface area contributed by atoms with E-state index in [4.69, 9.17) is 14.2 Å². The van der Waals surface area contributed by atoms with Crippen LogP contribution in [-0.2, 0) is 11.3 Å². The molecule has 0 aliphatic rings. The van der Waals surface area contributed by atoms with Crippen molar-refractivity contribution in [1.82, 2.24) is 5.32 Å². The van der Waals surface area contributed by atoms with Crippen molar-refractivity contribution in [2.75, 3.05) is 33.5 Å². The average molecular weight is 295 g/mol. The second-order valence-corrected chi connectivity index (χ2v) is 5.47. The molecular weight excluding hydrogens is 266 g/mol. The van der Waals surface area contributed by atoms with E-state index < -0.39 is 0 Å². The summed E-state index contributed by atoms with van der Waals surface area (Å²) in [5, 5.41) is 3.39. The molecule has 1 rings (SSSR count). The highest BCUT2D eigenvalue weighted by Gasteiger charge is 2.06. The van der Waals surface area contributed by atoms with Gasteiger partial charge in [-0.1, -0.05) is 20.8 Å². The van der Waals surface area contributed by atoms with Gasteiger partial charge >= 0.3 is 0 Å². The highest BCUT2D eigenvalue weighted by Crippen LogP contribution is 2.24. The van der Waals surface area contributed by atoms with Crippen LogP contribution in [0.3, 0.4) is 0 Å². The molecule has 0 aromatic heterocycles. The number of nitrogens with one attached hydrogen (secondary N) is 1. The largest absolute Gasteiger partial charge is 0.497 e. The van der Waals surface area contributed by atoms with Crippen molar-refractivity contribution in [3.63, 3.8) is 0 Å². The van der Waals surface area contributed by atoms with Crippen LogP contribution in [0, 0.1) is 5.92 Å². The van der Waals surface area contributed by atoms with E-state index >= 15 is 0 Å². The molecule has 4 heteroatoms. The highest BCUT2D eigenvalue weighted by atomic mass is 16.5. The smallest absolute Gasteiger partial charge is 0.124 e. The standard InChI is InChI=1S/C17H29NO3/c1-5-8-18-12-15-11-16(19-4)6-7-17(15)21-10-9-20-13-14(2)3/h6-7,11,14,18H,5,8-10,12-13H2,1-4H3. The van der Waals surface area contributed by atoms with E-state index in [0.29, 0.717) is 19.1 Å². The molecule has 0 heterocycles. The van der Waals surface area contributed by atoms with Gasteiger partial charge in [-0.15, -0.1) is 0 Å². The summed E-state index contributed by atoms with van der Waals surface area (Å²) in [6.45, 7) is 10.2. The van der Waals surface area contributed by atoms with E-state index in [2.05, 4.69) is 26.1 Å². The van der Waals surface area contributed by atoms with Gasteiger partial charge in [0.25, 0.3) is 0 Å². The highest BCUT2D eigenvalue weighted by molar-refractivity contribution is 5.40. The SMILES string of the molecule is CCCNCc1cc(OC)ccc1OCCOCC(C)C. The molecule has 4 nitrogen and oxygen atoms in total. The van der Waals surface area contributed by atoms with Crippen molar-refractivity contribution in [2.24, 2.45) is 5.92 Å². The molecule has 0 saturated carbocycles. The van der Waals surface area contributed by atoms with Gasteiger partial charge in [0.05, 0.1) is 13.7 Å². The molecule has 1 aromatic rings. The van der Waals surface area contributed by atoms with Crippen LogP contribution in [0.5, 0.6) is 11.5 Å². The van der Waals surface area contributed by atoms with Gasteiger partial charge in [0, 0.05) is 18.7 Å². The lowest BCUT2D eigenvalue weighted by atomic mass is 10.2. The molecular formula is C17H29NO3. The van der Waals surface area contributed by atoms with E-state index in [1.807, 2.05) is 18.2 Å². The van der Waals surface area contributed by atoms with Gasteiger partial charge in [-0.3, -0.25) is 0 Å². The van der Waals surface area contributed by atoms with Gasteiger partial charge < -0.3 is 19.5 Å². The van der Waals surface area contributed by atoms with Crippen LogP contribution in [0.1, 0.15) is 32.8 Å². The topological polar surface area (TPSA) is 39.7 Å². The Morgan fingerprint density at radius 3 is 2.67 bits per heavy atom. The van der Waals surface area contributed by atoms with Gasteiger partial charge in [-0.2, -0.15) is 0 Å². The van der Waals surface area contributed by atoms with E-state index in [0.717, 1.165) is 43.2 Å². The lowest BCUT2D eigenvalue weighted by Crippen LogP contribution is -2.16. The molecule has 0 spiro atoms. The lowest BCUT2D eigenvalue weighted by Gasteiger charge is -2.14. The summed E-state index contributed by atoms with van der Waals surface area (Å²) in [4.78, 5) is 0. The molecule has 120 valence electrons. The number of ether oxygens (including phenoxy) is 3. The van der Waals surface area contributed by atoms with E-state index in [1.165, 1.54) is 0 Å². The molecule has 0 radical (unpaired) electrons. The van der Waals surface area contributed by atoms with Crippen molar-refractivity contribution < 1.29 is 14.2 Å². The monoisotopic (exact) mass is 295 g/mol. The Balaban J connectivity index is 2.50. The van der Waals surface area contributed by atoms with Crippen LogP contribution in [0.4, 0.5) is 0 Å². The van der Waals surface area contributed by atoms with Crippen LogP contribution in [0.25, 0.3) is 0 Å². The van der Waals surface area contributed by atoms with Crippen molar-refractivity contribution in [3.05, 3.63) is 23.8 Å². The summed E-state index contributed by atoms with van der Waals surface area (Å²) >= 11 is 0. The third-order valence-corrected chi connectivity index (χ3v) is 2.95. The molecule has 0 aliphatic heterocycles. The van der Waals surface area contributed by atoms with E-state index in [1.54, 1.807) is 7.11 Å². The number of rotatable bonds is 11. The van der Waals surface area contributed by atoms with Crippen LogP contribution < -0.4 is 14.8 Å². The molecule has 21 heavy (non-hydrogen) atoms. The van der Waals surface area contributed by atoms with Gasteiger partial charge in [-0.25, -0.2) is 0 Å². The van der Waals surface area contributed by atoms with E-state index in [-0.39, 0.29) is 0 Å². The van der Waals surface area contributed by atoms with Gasteiger partial charge in [0.15, 0.2) is 0 Å². The predicted octanol–water partition coefficient (Wildman–Crippen LogP) is 3.25. The summed E-state index contributed by atoms with van der Waals surface area (Å²) in [7, 11) is 1.68. The molecule has 0 bridgehead atoms. The minimum absolute atomic E-state index is 0.555. The summed E-state index contributed by atoms with van der Waals surface area (Å²) in [5.74, 6) is 2.30. The zero-order valence-electron chi connectivity index (χ0n) is 13.8. The summed E-state index contributed by atoms with van der Waals surface area (Å²) in [6.07, 6.45) is 1.11. The number of hydrogen-bond acceptors (Lipinski definition) is 4. The first-order valence-electron chi connectivity index (χ1n) is 7.75. The van der Waals surface area contributed by atoms with Crippen LogP contribution in [-0.4, -0.2) is 33.5 Å². The first-order valence-corrected chi connectivity index (χ1v) is 7.75. The van der Waals surface area contributed by atoms with Crippen molar-refractivity contribution >= 4 is 0 Å². The first kappa shape index (κ1) is 17.8.